The van der Waals surface area contributed by atoms with Gasteiger partial charge >= 0.3 is 5.97 Å². The van der Waals surface area contributed by atoms with Gasteiger partial charge in [-0.3, -0.25) is 4.79 Å². The fourth-order valence-corrected chi connectivity index (χ4v) is 2.34. The zero-order valence-electron chi connectivity index (χ0n) is 12.4. The number of carbonyl (C=O) groups excluding carboxylic acids is 1. The van der Waals surface area contributed by atoms with Crippen LogP contribution in [0.4, 0.5) is 11.6 Å². The first-order valence-electron chi connectivity index (χ1n) is 7.02. The monoisotopic (exact) mass is 278 g/mol. The highest BCUT2D eigenvalue weighted by molar-refractivity contribution is 5.72. The number of anilines is 2. The number of carbonyl (C=O) groups is 1. The molecule has 20 heavy (non-hydrogen) atoms. The van der Waals surface area contributed by atoms with Crippen LogP contribution in [-0.4, -0.2) is 49.7 Å². The maximum absolute atomic E-state index is 11.7. The second-order valence-electron chi connectivity index (χ2n) is 5.15. The molecule has 0 saturated carbocycles. The average Bonchev–Trinajstić information content (AvgIpc) is 2.48. The molecule has 1 aromatic rings. The number of hydrogen-bond acceptors (Lipinski definition) is 6. The van der Waals surface area contributed by atoms with E-state index in [1.165, 1.54) is 0 Å². The standard InChI is InChI=1S/C14H22N4O2/c1-4-20-13(19)11-5-7-18(8-6-11)12-9-15-14(16-10-12)17(2)3/h9-11H,4-8H2,1-3H3. The molecular weight excluding hydrogens is 256 g/mol. The Hall–Kier alpha value is -1.85. The van der Waals surface area contributed by atoms with E-state index in [0.717, 1.165) is 31.6 Å². The van der Waals surface area contributed by atoms with E-state index in [2.05, 4.69) is 14.9 Å². The van der Waals surface area contributed by atoms with Crippen molar-refractivity contribution in [2.45, 2.75) is 19.8 Å². The van der Waals surface area contributed by atoms with Gasteiger partial charge in [-0.2, -0.15) is 0 Å². The van der Waals surface area contributed by atoms with Crippen LogP contribution in [-0.2, 0) is 9.53 Å². The van der Waals surface area contributed by atoms with Gasteiger partial charge in [-0.05, 0) is 19.8 Å². The molecule has 0 bridgehead atoms. The van der Waals surface area contributed by atoms with Gasteiger partial charge in [-0.1, -0.05) is 0 Å². The van der Waals surface area contributed by atoms with E-state index < -0.39 is 0 Å². The first-order valence-corrected chi connectivity index (χ1v) is 7.02. The van der Waals surface area contributed by atoms with Gasteiger partial charge in [0.05, 0.1) is 30.6 Å². The molecule has 0 N–H and O–H groups in total. The minimum Gasteiger partial charge on any atom is -0.466 e. The van der Waals surface area contributed by atoms with Gasteiger partial charge in [0.25, 0.3) is 0 Å². The zero-order valence-corrected chi connectivity index (χ0v) is 12.4. The highest BCUT2D eigenvalue weighted by Gasteiger charge is 2.26. The van der Waals surface area contributed by atoms with E-state index in [4.69, 9.17) is 4.74 Å². The fraction of sp³-hybridized carbons (Fsp3) is 0.643. The SMILES string of the molecule is CCOC(=O)C1CCN(c2cnc(N(C)C)nc2)CC1. The summed E-state index contributed by atoms with van der Waals surface area (Å²) in [6.45, 7) is 3.98. The quantitative estimate of drug-likeness (QED) is 0.774. The second-order valence-corrected chi connectivity index (χ2v) is 5.15. The van der Waals surface area contributed by atoms with Crippen LogP contribution >= 0.6 is 0 Å². The van der Waals surface area contributed by atoms with Gasteiger partial charge in [0.2, 0.25) is 5.95 Å². The van der Waals surface area contributed by atoms with Crippen LogP contribution in [0.5, 0.6) is 0 Å². The molecule has 0 aromatic carbocycles. The third kappa shape index (κ3) is 3.37. The van der Waals surface area contributed by atoms with Crippen molar-refractivity contribution in [3.63, 3.8) is 0 Å². The van der Waals surface area contributed by atoms with Crippen LogP contribution in [0.25, 0.3) is 0 Å². The van der Waals surface area contributed by atoms with E-state index in [9.17, 15) is 4.79 Å². The van der Waals surface area contributed by atoms with Crippen molar-refractivity contribution in [2.24, 2.45) is 5.92 Å². The van der Waals surface area contributed by atoms with Crippen molar-refractivity contribution in [3.8, 4) is 0 Å². The Morgan fingerprint density at radius 1 is 1.35 bits per heavy atom. The molecule has 110 valence electrons. The normalized spacial score (nSPS) is 16.1. The predicted octanol–water partition coefficient (Wildman–Crippen LogP) is 1.32. The number of aromatic nitrogens is 2. The van der Waals surface area contributed by atoms with E-state index in [1.54, 1.807) is 0 Å². The predicted molar refractivity (Wildman–Crippen MR) is 77.9 cm³/mol. The average molecular weight is 278 g/mol. The van der Waals surface area contributed by atoms with Crippen molar-refractivity contribution in [3.05, 3.63) is 12.4 Å². The van der Waals surface area contributed by atoms with Gasteiger partial charge in [-0.25, -0.2) is 9.97 Å². The lowest BCUT2D eigenvalue weighted by Gasteiger charge is -2.32. The summed E-state index contributed by atoms with van der Waals surface area (Å²) in [5, 5.41) is 0. The molecule has 2 heterocycles. The fourth-order valence-electron chi connectivity index (χ4n) is 2.34. The summed E-state index contributed by atoms with van der Waals surface area (Å²) >= 11 is 0. The summed E-state index contributed by atoms with van der Waals surface area (Å²) in [5.74, 6) is 0.676. The maximum Gasteiger partial charge on any atom is 0.309 e. The number of hydrogen-bond donors (Lipinski definition) is 0. The molecule has 2 rings (SSSR count). The number of piperidine rings is 1. The van der Waals surface area contributed by atoms with Crippen molar-refractivity contribution in [1.29, 1.82) is 0 Å². The molecule has 1 aromatic heterocycles. The van der Waals surface area contributed by atoms with Crippen LogP contribution in [0.2, 0.25) is 0 Å². The van der Waals surface area contributed by atoms with Gasteiger partial charge in [0.1, 0.15) is 0 Å². The number of ether oxygens (including phenoxy) is 1. The highest BCUT2D eigenvalue weighted by atomic mass is 16.5. The number of rotatable bonds is 4. The van der Waals surface area contributed by atoms with Crippen molar-refractivity contribution in [1.82, 2.24) is 9.97 Å². The van der Waals surface area contributed by atoms with Crippen molar-refractivity contribution in [2.75, 3.05) is 43.6 Å². The van der Waals surface area contributed by atoms with Crippen LogP contribution < -0.4 is 9.80 Å². The highest BCUT2D eigenvalue weighted by Crippen LogP contribution is 2.23. The Bertz CT molecular complexity index is 439. The molecule has 1 aliphatic rings. The zero-order chi connectivity index (χ0) is 14.5. The molecule has 0 amide bonds. The van der Waals surface area contributed by atoms with Crippen LogP contribution in [0.15, 0.2) is 12.4 Å². The summed E-state index contributed by atoms with van der Waals surface area (Å²) in [5.41, 5.74) is 1.01. The van der Waals surface area contributed by atoms with Crippen LogP contribution in [0.3, 0.4) is 0 Å². The Balaban J connectivity index is 1.91. The first kappa shape index (κ1) is 14.6. The molecule has 0 atom stereocenters. The van der Waals surface area contributed by atoms with E-state index >= 15 is 0 Å². The molecule has 0 spiro atoms. The van der Waals surface area contributed by atoms with E-state index in [-0.39, 0.29) is 11.9 Å². The van der Waals surface area contributed by atoms with E-state index in [1.807, 2.05) is 38.3 Å². The lowest BCUT2D eigenvalue weighted by Crippen LogP contribution is -2.37. The van der Waals surface area contributed by atoms with Gasteiger partial charge in [-0.15, -0.1) is 0 Å². The Labute approximate surface area is 119 Å². The van der Waals surface area contributed by atoms with Gasteiger partial charge in [0.15, 0.2) is 0 Å². The second kappa shape index (κ2) is 6.54. The lowest BCUT2D eigenvalue weighted by atomic mass is 9.97. The summed E-state index contributed by atoms with van der Waals surface area (Å²) in [6, 6.07) is 0. The third-order valence-corrected chi connectivity index (χ3v) is 3.50. The third-order valence-electron chi connectivity index (χ3n) is 3.50. The van der Waals surface area contributed by atoms with Crippen LogP contribution in [0.1, 0.15) is 19.8 Å². The molecule has 1 saturated heterocycles. The molecule has 6 heteroatoms. The van der Waals surface area contributed by atoms with Crippen molar-refractivity contribution >= 4 is 17.6 Å². The summed E-state index contributed by atoms with van der Waals surface area (Å²) in [6.07, 6.45) is 5.34. The minimum atomic E-state index is -0.0636. The minimum absolute atomic E-state index is 0.0353. The molecule has 0 aliphatic carbocycles. The topological polar surface area (TPSA) is 58.6 Å². The molecule has 1 aliphatic heterocycles. The van der Waals surface area contributed by atoms with E-state index in [0.29, 0.717) is 12.6 Å². The molecular formula is C14H22N4O2. The van der Waals surface area contributed by atoms with Crippen molar-refractivity contribution < 1.29 is 9.53 Å². The Morgan fingerprint density at radius 3 is 2.45 bits per heavy atom. The first-order chi connectivity index (χ1) is 9.61. The Morgan fingerprint density at radius 2 is 1.95 bits per heavy atom. The smallest absolute Gasteiger partial charge is 0.309 e. The van der Waals surface area contributed by atoms with Crippen LogP contribution in [0, 0.1) is 5.92 Å². The van der Waals surface area contributed by atoms with Gasteiger partial charge in [0, 0.05) is 27.2 Å². The largest absolute Gasteiger partial charge is 0.466 e. The molecule has 6 nitrogen and oxygen atoms in total. The summed E-state index contributed by atoms with van der Waals surface area (Å²) in [4.78, 5) is 24.4. The number of esters is 1. The Kier molecular flexibility index (Phi) is 4.76. The lowest BCUT2D eigenvalue weighted by molar-refractivity contribution is -0.148. The summed E-state index contributed by atoms with van der Waals surface area (Å²) in [7, 11) is 3.83. The maximum atomic E-state index is 11.7. The molecule has 0 radical (unpaired) electrons. The molecule has 0 unspecified atom stereocenters. The number of nitrogens with zero attached hydrogens (tertiary/aromatic N) is 4. The van der Waals surface area contributed by atoms with Gasteiger partial charge < -0.3 is 14.5 Å². The summed E-state index contributed by atoms with van der Waals surface area (Å²) < 4.78 is 5.08. The molecule has 1 fully saturated rings.